The molecule has 1 heterocycles. The van der Waals surface area contributed by atoms with Gasteiger partial charge in [-0.1, -0.05) is 0 Å². The molecule has 14 heavy (non-hydrogen) atoms. The van der Waals surface area contributed by atoms with Crippen LogP contribution in [0.2, 0.25) is 0 Å². The van der Waals surface area contributed by atoms with Gasteiger partial charge in [0.05, 0.1) is 6.42 Å². The molecule has 1 atom stereocenters. The highest BCUT2D eigenvalue weighted by molar-refractivity contribution is 7.99. The number of aliphatic carboxylic acids is 1. The third kappa shape index (κ3) is 3.88. The lowest BCUT2D eigenvalue weighted by Gasteiger charge is -2.28. The Hall–Kier alpha value is -0.220. The van der Waals surface area contributed by atoms with Crippen molar-refractivity contribution in [3.05, 3.63) is 0 Å². The summed E-state index contributed by atoms with van der Waals surface area (Å²) in [4.78, 5) is 10.7. The van der Waals surface area contributed by atoms with Gasteiger partial charge in [-0.05, 0) is 36.2 Å². The smallest absolute Gasteiger partial charge is 0.303 e. The van der Waals surface area contributed by atoms with Crippen molar-refractivity contribution in [2.24, 2.45) is 11.8 Å². The number of thioether (sulfide) groups is 1. The minimum absolute atomic E-state index is 0.207. The van der Waals surface area contributed by atoms with Gasteiger partial charge >= 0.3 is 5.97 Å². The van der Waals surface area contributed by atoms with Gasteiger partial charge in [-0.15, -0.1) is 0 Å². The van der Waals surface area contributed by atoms with Gasteiger partial charge in [-0.2, -0.15) is 11.8 Å². The van der Waals surface area contributed by atoms with Gasteiger partial charge in [-0.25, -0.2) is 0 Å². The van der Waals surface area contributed by atoms with E-state index in [1.165, 1.54) is 11.5 Å². The molecular formula is C10H18O3S. The van der Waals surface area contributed by atoms with Crippen LogP contribution < -0.4 is 0 Å². The van der Waals surface area contributed by atoms with Crippen LogP contribution in [-0.4, -0.2) is 36.3 Å². The maximum absolute atomic E-state index is 10.7. The fourth-order valence-electron chi connectivity index (χ4n) is 1.99. The van der Waals surface area contributed by atoms with Gasteiger partial charge < -0.3 is 9.84 Å². The normalized spacial score (nSPS) is 20.6. The van der Waals surface area contributed by atoms with Crippen molar-refractivity contribution in [2.45, 2.75) is 19.3 Å². The van der Waals surface area contributed by atoms with Crippen molar-refractivity contribution < 1.29 is 14.6 Å². The second-order valence-corrected chi connectivity index (χ2v) is 4.99. The molecule has 1 aliphatic rings. The van der Waals surface area contributed by atoms with E-state index in [1.54, 1.807) is 7.11 Å². The highest BCUT2D eigenvalue weighted by Crippen LogP contribution is 2.30. The Labute approximate surface area is 89.2 Å². The van der Waals surface area contributed by atoms with E-state index in [1.807, 2.05) is 11.8 Å². The molecule has 0 aliphatic carbocycles. The number of carboxylic acids is 1. The Kier molecular flexibility index (Phi) is 5.33. The van der Waals surface area contributed by atoms with Crippen LogP contribution in [0.1, 0.15) is 19.3 Å². The monoisotopic (exact) mass is 218 g/mol. The lowest BCUT2D eigenvalue weighted by Crippen LogP contribution is -2.26. The van der Waals surface area contributed by atoms with E-state index in [-0.39, 0.29) is 12.3 Å². The van der Waals surface area contributed by atoms with E-state index in [9.17, 15) is 4.79 Å². The highest BCUT2D eigenvalue weighted by Gasteiger charge is 2.25. The Morgan fingerprint density at radius 2 is 2.21 bits per heavy atom. The summed E-state index contributed by atoms with van der Waals surface area (Å²) in [5.41, 5.74) is 0. The summed E-state index contributed by atoms with van der Waals surface area (Å²) in [6.45, 7) is 0.585. The standard InChI is InChI=1S/C10H18O3S/c1-13-7-9(6-10(11)12)8-2-4-14-5-3-8/h8-9H,2-7H2,1H3,(H,11,12). The number of ether oxygens (including phenoxy) is 1. The Morgan fingerprint density at radius 3 is 2.71 bits per heavy atom. The van der Waals surface area contributed by atoms with Gasteiger partial charge in [0, 0.05) is 13.7 Å². The Morgan fingerprint density at radius 1 is 1.57 bits per heavy atom. The topological polar surface area (TPSA) is 46.5 Å². The molecule has 0 amide bonds. The van der Waals surface area contributed by atoms with Crippen molar-refractivity contribution >= 4 is 17.7 Å². The average Bonchev–Trinajstić information content (AvgIpc) is 2.18. The molecule has 0 aromatic heterocycles. The van der Waals surface area contributed by atoms with Crippen LogP contribution in [0, 0.1) is 11.8 Å². The SMILES string of the molecule is COCC(CC(=O)O)C1CCSCC1. The third-order valence-electron chi connectivity index (χ3n) is 2.75. The van der Waals surface area contributed by atoms with Gasteiger partial charge in [0.2, 0.25) is 0 Å². The summed E-state index contributed by atoms with van der Waals surface area (Å²) in [5, 5.41) is 8.78. The molecule has 0 saturated carbocycles. The zero-order valence-corrected chi connectivity index (χ0v) is 9.39. The molecule has 82 valence electrons. The van der Waals surface area contributed by atoms with Gasteiger partial charge in [-0.3, -0.25) is 4.79 Å². The van der Waals surface area contributed by atoms with Gasteiger partial charge in [0.1, 0.15) is 0 Å². The summed E-state index contributed by atoms with van der Waals surface area (Å²) in [5.74, 6) is 2.39. The molecule has 1 unspecified atom stereocenters. The molecule has 4 heteroatoms. The molecule has 1 saturated heterocycles. The zero-order chi connectivity index (χ0) is 10.4. The summed E-state index contributed by atoms with van der Waals surface area (Å²) in [6.07, 6.45) is 2.54. The number of carbonyl (C=O) groups is 1. The summed E-state index contributed by atoms with van der Waals surface area (Å²) in [6, 6.07) is 0. The third-order valence-corrected chi connectivity index (χ3v) is 3.80. The predicted molar refractivity (Wildman–Crippen MR) is 57.7 cm³/mol. The molecule has 1 rings (SSSR count). The maximum Gasteiger partial charge on any atom is 0.303 e. The van der Waals surface area contributed by atoms with Crippen molar-refractivity contribution in [3.63, 3.8) is 0 Å². The highest BCUT2D eigenvalue weighted by atomic mass is 32.2. The number of rotatable bonds is 5. The predicted octanol–water partition coefficient (Wildman–Crippen LogP) is 1.87. The number of carboxylic acid groups (broad SMARTS) is 1. The molecule has 0 spiro atoms. The van der Waals surface area contributed by atoms with Gasteiger partial charge in [0.25, 0.3) is 0 Å². The maximum atomic E-state index is 10.7. The van der Waals surface area contributed by atoms with Crippen molar-refractivity contribution in [3.8, 4) is 0 Å². The zero-order valence-electron chi connectivity index (χ0n) is 8.57. The second kappa shape index (κ2) is 6.30. The minimum Gasteiger partial charge on any atom is -0.481 e. The summed E-state index contributed by atoms with van der Waals surface area (Å²) in [7, 11) is 1.65. The fourth-order valence-corrected chi connectivity index (χ4v) is 3.13. The van der Waals surface area contributed by atoms with Crippen LogP contribution in [0.3, 0.4) is 0 Å². The van der Waals surface area contributed by atoms with Crippen LogP contribution >= 0.6 is 11.8 Å². The van der Waals surface area contributed by atoms with Crippen LogP contribution in [0.4, 0.5) is 0 Å². The molecule has 3 nitrogen and oxygen atoms in total. The van der Waals surface area contributed by atoms with E-state index >= 15 is 0 Å². The van der Waals surface area contributed by atoms with E-state index in [4.69, 9.17) is 9.84 Å². The number of hydrogen-bond acceptors (Lipinski definition) is 3. The fraction of sp³-hybridized carbons (Fsp3) is 0.900. The largest absolute Gasteiger partial charge is 0.481 e. The molecule has 0 radical (unpaired) electrons. The molecule has 1 fully saturated rings. The first-order chi connectivity index (χ1) is 6.74. The van der Waals surface area contributed by atoms with Crippen molar-refractivity contribution in [1.29, 1.82) is 0 Å². The van der Waals surface area contributed by atoms with Crippen LogP contribution in [0.25, 0.3) is 0 Å². The molecule has 1 N–H and O–H groups in total. The summed E-state index contributed by atoms with van der Waals surface area (Å²) >= 11 is 1.96. The summed E-state index contributed by atoms with van der Waals surface area (Å²) < 4.78 is 5.09. The van der Waals surface area contributed by atoms with E-state index < -0.39 is 5.97 Å². The molecule has 0 bridgehead atoms. The van der Waals surface area contributed by atoms with Crippen LogP contribution in [0.5, 0.6) is 0 Å². The first kappa shape index (κ1) is 11.9. The molecular weight excluding hydrogens is 200 g/mol. The first-order valence-corrected chi connectivity index (χ1v) is 6.18. The first-order valence-electron chi connectivity index (χ1n) is 5.02. The van der Waals surface area contributed by atoms with E-state index in [2.05, 4.69) is 0 Å². The average molecular weight is 218 g/mol. The Balaban J connectivity index is 2.42. The lowest BCUT2D eigenvalue weighted by atomic mass is 9.86. The van der Waals surface area contributed by atoms with Crippen molar-refractivity contribution in [1.82, 2.24) is 0 Å². The Bertz CT molecular complexity index is 178. The van der Waals surface area contributed by atoms with Crippen molar-refractivity contribution in [2.75, 3.05) is 25.2 Å². The molecule has 0 aromatic carbocycles. The van der Waals surface area contributed by atoms with Gasteiger partial charge in [0.15, 0.2) is 0 Å². The van der Waals surface area contributed by atoms with Crippen LogP contribution in [0.15, 0.2) is 0 Å². The number of methoxy groups -OCH3 is 1. The number of hydrogen-bond donors (Lipinski definition) is 1. The molecule has 0 aromatic rings. The second-order valence-electron chi connectivity index (χ2n) is 3.76. The quantitative estimate of drug-likeness (QED) is 0.765. The van der Waals surface area contributed by atoms with E-state index in [0.29, 0.717) is 12.5 Å². The van der Waals surface area contributed by atoms with E-state index in [0.717, 1.165) is 12.8 Å². The minimum atomic E-state index is -0.703. The lowest BCUT2D eigenvalue weighted by molar-refractivity contribution is -0.139. The molecule has 1 aliphatic heterocycles. The van der Waals surface area contributed by atoms with Crippen LogP contribution in [-0.2, 0) is 9.53 Å².